The van der Waals surface area contributed by atoms with Crippen LogP contribution in [-0.4, -0.2) is 60.1 Å². The summed E-state index contributed by atoms with van der Waals surface area (Å²) in [5.74, 6) is 3.14. The van der Waals surface area contributed by atoms with Crippen molar-refractivity contribution in [1.29, 1.82) is 0 Å². The van der Waals surface area contributed by atoms with Crippen molar-refractivity contribution in [2.45, 2.75) is 32.1 Å². The predicted molar refractivity (Wildman–Crippen MR) is 117 cm³/mol. The van der Waals surface area contributed by atoms with Crippen molar-refractivity contribution >= 4 is 47.5 Å². The Balaban J connectivity index is 0.00000288. The van der Waals surface area contributed by atoms with Crippen LogP contribution in [0.2, 0.25) is 0 Å². The monoisotopic (exact) mass is 463 g/mol. The fraction of sp³-hybridized carbons (Fsp3) is 0.647. The first-order chi connectivity index (χ1) is 10.9. The summed E-state index contributed by atoms with van der Waals surface area (Å²) in [7, 11) is 4.04. The Bertz CT molecular complexity index is 548. The van der Waals surface area contributed by atoms with Crippen molar-refractivity contribution in [3.05, 3.63) is 23.9 Å². The second kappa shape index (κ2) is 9.70. The average molecular weight is 463 g/mol. The number of aromatic nitrogens is 1. The van der Waals surface area contributed by atoms with Gasteiger partial charge in [-0.15, -0.1) is 24.0 Å². The minimum absolute atomic E-state index is 0. The minimum atomic E-state index is 0. The van der Waals surface area contributed by atoms with Gasteiger partial charge in [-0.1, -0.05) is 6.07 Å². The lowest BCUT2D eigenvalue weighted by molar-refractivity contribution is 0.376. The zero-order valence-electron chi connectivity index (χ0n) is 15.4. The number of hydrogen-bond donors (Lipinski definition) is 1. The van der Waals surface area contributed by atoms with E-state index in [1.165, 1.54) is 0 Å². The molecule has 0 saturated carbocycles. The van der Waals surface area contributed by atoms with Gasteiger partial charge < -0.3 is 15.1 Å². The van der Waals surface area contributed by atoms with Gasteiger partial charge in [-0.3, -0.25) is 0 Å². The molecule has 24 heavy (non-hydrogen) atoms. The molecule has 1 N–H and O–H groups in total. The summed E-state index contributed by atoms with van der Waals surface area (Å²) in [5, 5.41) is 3.44. The molecule has 2 rings (SSSR count). The molecule has 2 heterocycles. The summed E-state index contributed by atoms with van der Waals surface area (Å²) < 4.78 is 0.275. The smallest absolute Gasteiger partial charge is 0.194 e. The molecule has 1 aromatic heterocycles. The molecule has 136 valence electrons. The molecular formula is C17H30IN5S. The van der Waals surface area contributed by atoms with E-state index in [2.05, 4.69) is 42.0 Å². The van der Waals surface area contributed by atoms with Crippen LogP contribution in [0.15, 0.2) is 23.3 Å². The maximum absolute atomic E-state index is 4.87. The second-order valence-corrected chi connectivity index (χ2v) is 8.38. The van der Waals surface area contributed by atoms with Gasteiger partial charge in [0.25, 0.3) is 0 Å². The average Bonchev–Trinajstić information content (AvgIpc) is 2.50. The number of halogens is 1. The third-order valence-electron chi connectivity index (χ3n) is 3.75. The number of pyridine rings is 1. The molecule has 0 amide bonds. The van der Waals surface area contributed by atoms with Crippen LogP contribution in [0.4, 0.5) is 5.82 Å². The Morgan fingerprint density at radius 2 is 2.21 bits per heavy atom. The third-order valence-corrected chi connectivity index (χ3v) is 5.05. The molecule has 5 nitrogen and oxygen atoms in total. The molecule has 0 spiro atoms. The first kappa shape index (κ1) is 21.3. The quantitative estimate of drug-likeness (QED) is 0.423. The Hall–Kier alpha value is -0.700. The number of guanidine groups is 1. The molecule has 0 aliphatic carbocycles. The molecule has 0 bridgehead atoms. The summed E-state index contributed by atoms with van der Waals surface area (Å²) >= 11 is 2.04. The van der Waals surface area contributed by atoms with Gasteiger partial charge in [0.15, 0.2) is 5.96 Å². The highest BCUT2D eigenvalue weighted by atomic mass is 127. The van der Waals surface area contributed by atoms with E-state index in [1.54, 1.807) is 0 Å². The van der Waals surface area contributed by atoms with Crippen molar-refractivity contribution in [1.82, 2.24) is 15.2 Å². The lowest BCUT2D eigenvalue weighted by Gasteiger charge is -2.39. The summed E-state index contributed by atoms with van der Waals surface area (Å²) in [4.78, 5) is 13.7. The molecule has 7 heteroatoms. The van der Waals surface area contributed by atoms with Gasteiger partial charge in [0, 0.05) is 56.0 Å². The Morgan fingerprint density at radius 1 is 1.46 bits per heavy atom. The highest BCUT2D eigenvalue weighted by Crippen LogP contribution is 2.29. The lowest BCUT2D eigenvalue weighted by Crippen LogP contribution is -2.50. The number of nitrogens with zero attached hydrogens (tertiary/aromatic N) is 4. The molecule has 0 unspecified atom stereocenters. The number of aliphatic imine (C=N–C) groups is 1. The van der Waals surface area contributed by atoms with Crippen molar-refractivity contribution in [3.8, 4) is 0 Å². The van der Waals surface area contributed by atoms with Crippen molar-refractivity contribution in [2.75, 3.05) is 44.4 Å². The zero-order valence-corrected chi connectivity index (χ0v) is 18.5. The van der Waals surface area contributed by atoms with Gasteiger partial charge >= 0.3 is 0 Å². The first-order valence-corrected chi connectivity index (χ1v) is 9.20. The standard InChI is InChI=1S/C17H29N5S.HI/c1-6-18-16(22-10-11-23-17(2,3)13-22)20-12-14-8-7-9-19-15(14)21(4)5;/h7-9H,6,10-13H2,1-5H3,(H,18,20);1H. The highest BCUT2D eigenvalue weighted by Gasteiger charge is 2.28. The SMILES string of the molecule is CCNC(=NCc1cccnc1N(C)C)N1CCSC(C)(C)C1.I. The number of hydrogen-bond acceptors (Lipinski definition) is 4. The molecule has 1 fully saturated rings. The summed E-state index contributed by atoms with van der Waals surface area (Å²) in [6.07, 6.45) is 1.83. The van der Waals surface area contributed by atoms with Crippen LogP contribution in [0.1, 0.15) is 26.3 Å². The number of thioether (sulfide) groups is 1. The van der Waals surface area contributed by atoms with E-state index < -0.39 is 0 Å². The zero-order chi connectivity index (χ0) is 16.9. The third kappa shape index (κ3) is 5.98. The predicted octanol–water partition coefficient (Wildman–Crippen LogP) is 3.06. The maximum atomic E-state index is 4.87. The number of anilines is 1. The van der Waals surface area contributed by atoms with E-state index in [4.69, 9.17) is 4.99 Å². The van der Waals surface area contributed by atoms with Gasteiger partial charge in [-0.25, -0.2) is 9.98 Å². The van der Waals surface area contributed by atoms with Crippen LogP contribution in [0.3, 0.4) is 0 Å². The molecular weight excluding hydrogens is 433 g/mol. The van der Waals surface area contributed by atoms with Gasteiger partial charge in [0.2, 0.25) is 0 Å². The molecule has 1 aliphatic rings. The van der Waals surface area contributed by atoms with Crippen LogP contribution in [0, 0.1) is 0 Å². The van der Waals surface area contributed by atoms with Gasteiger partial charge in [0.05, 0.1) is 6.54 Å². The largest absolute Gasteiger partial charge is 0.362 e. The lowest BCUT2D eigenvalue weighted by atomic mass is 10.2. The van der Waals surface area contributed by atoms with E-state index in [1.807, 2.05) is 43.0 Å². The molecule has 1 saturated heterocycles. The van der Waals surface area contributed by atoms with Crippen LogP contribution in [-0.2, 0) is 6.54 Å². The van der Waals surface area contributed by atoms with Gasteiger partial charge in [-0.05, 0) is 26.8 Å². The fourth-order valence-corrected chi connectivity index (χ4v) is 3.85. The van der Waals surface area contributed by atoms with E-state index in [0.717, 1.165) is 42.7 Å². The van der Waals surface area contributed by atoms with Crippen LogP contribution in [0.5, 0.6) is 0 Å². The van der Waals surface area contributed by atoms with Crippen LogP contribution in [0.25, 0.3) is 0 Å². The Kier molecular flexibility index (Phi) is 8.62. The highest BCUT2D eigenvalue weighted by molar-refractivity contribution is 14.0. The molecule has 0 radical (unpaired) electrons. The molecule has 0 aromatic carbocycles. The Labute approximate surface area is 167 Å². The number of nitrogens with one attached hydrogen (secondary N) is 1. The molecule has 0 atom stereocenters. The Morgan fingerprint density at radius 3 is 2.83 bits per heavy atom. The topological polar surface area (TPSA) is 43.8 Å². The maximum Gasteiger partial charge on any atom is 0.194 e. The first-order valence-electron chi connectivity index (χ1n) is 8.21. The summed E-state index contributed by atoms with van der Waals surface area (Å²) in [5.41, 5.74) is 1.15. The van der Waals surface area contributed by atoms with Gasteiger partial charge in [0.1, 0.15) is 5.82 Å². The molecule has 1 aliphatic heterocycles. The normalized spacial score (nSPS) is 17.2. The van der Waals surface area contributed by atoms with E-state index in [0.29, 0.717) is 6.54 Å². The minimum Gasteiger partial charge on any atom is -0.362 e. The van der Waals surface area contributed by atoms with Crippen molar-refractivity contribution in [2.24, 2.45) is 4.99 Å². The van der Waals surface area contributed by atoms with Crippen molar-refractivity contribution < 1.29 is 0 Å². The van der Waals surface area contributed by atoms with Crippen molar-refractivity contribution in [3.63, 3.8) is 0 Å². The van der Waals surface area contributed by atoms with E-state index >= 15 is 0 Å². The number of rotatable bonds is 4. The summed E-state index contributed by atoms with van der Waals surface area (Å²) in [6.45, 7) is 10.3. The van der Waals surface area contributed by atoms with E-state index in [-0.39, 0.29) is 28.7 Å². The fourth-order valence-electron chi connectivity index (χ4n) is 2.74. The van der Waals surface area contributed by atoms with E-state index in [9.17, 15) is 0 Å². The van der Waals surface area contributed by atoms with Gasteiger partial charge in [-0.2, -0.15) is 11.8 Å². The van der Waals surface area contributed by atoms with Crippen LogP contribution >= 0.6 is 35.7 Å². The second-order valence-electron chi connectivity index (χ2n) is 6.58. The van der Waals surface area contributed by atoms with Crippen LogP contribution < -0.4 is 10.2 Å². The molecule has 1 aromatic rings. The summed E-state index contributed by atoms with van der Waals surface area (Å²) in [6, 6.07) is 4.08.